The Balaban J connectivity index is 1.78. The molecule has 1 N–H and O–H groups in total. The molecule has 4 rings (SSSR count). The zero-order valence-electron chi connectivity index (χ0n) is 21.6. The first kappa shape index (κ1) is 28.1. The number of hydrogen-bond acceptors (Lipinski definition) is 9. The summed E-state index contributed by atoms with van der Waals surface area (Å²) in [5, 5.41) is 26.0. The van der Waals surface area contributed by atoms with E-state index in [1.807, 2.05) is 20.8 Å². The average molecular weight is 560 g/mol. The predicted octanol–water partition coefficient (Wildman–Crippen LogP) is 4.18. The monoisotopic (exact) mass is 559 g/mol. The maximum Gasteiger partial charge on any atom is 0.408 e. The summed E-state index contributed by atoms with van der Waals surface area (Å²) in [6.07, 6.45) is 0.0726. The molecule has 1 fully saturated rings. The number of nitrogens with zero attached hydrogens (tertiary/aromatic N) is 5. The van der Waals surface area contributed by atoms with Crippen molar-refractivity contribution in [3.8, 4) is 0 Å². The number of para-hydroxylation sites is 1. The van der Waals surface area contributed by atoms with Gasteiger partial charge in [0.15, 0.2) is 10.7 Å². The van der Waals surface area contributed by atoms with Crippen LogP contribution in [-0.4, -0.2) is 56.6 Å². The van der Waals surface area contributed by atoms with Gasteiger partial charge in [-0.25, -0.2) is 13.2 Å². The number of piperidine rings is 1. The minimum absolute atomic E-state index is 0.130. The fourth-order valence-corrected chi connectivity index (χ4v) is 6.70. The van der Waals surface area contributed by atoms with Crippen molar-refractivity contribution in [3.05, 3.63) is 82.5 Å². The maximum absolute atomic E-state index is 13.9. The first-order valence-electron chi connectivity index (χ1n) is 12.1. The van der Waals surface area contributed by atoms with Gasteiger partial charge in [-0.2, -0.15) is 4.98 Å². The largest absolute Gasteiger partial charge is 0.465 e. The molecule has 2 aromatic carbocycles. The summed E-state index contributed by atoms with van der Waals surface area (Å²) in [5.74, 6) is 0.161. The van der Waals surface area contributed by atoms with Gasteiger partial charge in [0.1, 0.15) is 5.54 Å². The van der Waals surface area contributed by atoms with E-state index in [9.17, 15) is 28.4 Å². The lowest BCUT2D eigenvalue weighted by Gasteiger charge is -2.53. The van der Waals surface area contributed by atoms with E-state index in [4.69, 9.17) is 9.36 Å². The topological polar surface area (TPSA) is 169 Å². The molecule has 1 aromatic heterocycles. The molecule has 1 amide bonds. The van der Waals surface area contributed by atoms with E-state index in [1.54, 1.807) is 30.3 Å². The van der Waals surface area contributed by atoms with Crippen LogP contribution in [0.15, 0.2) is 70.4 Å². The highest BCUT2D eigenvalue weighted by molar-refractivity contribution is 7.89. The van der Waals surface area contributed by atoms with Crippen molar-refractivity contribution in [3.63, 3.8) is 0 Å². The van der Waals surface area contributed by atoms with Crippen molar-refractivity contribution in [1.82, 2.24) is 19.5 Å². The van der Waals surface area contributed by atoms with E-state index in [2.05, 4.69) is 10.1 Å². The summed E-state index contributed by atoms with van der Waals surface area (Å²) in [6, 6.07) is 12.7. The van der Waals surface area contributed by atoms with Gasteiger partial charge in [-0.15, -0.1) is 0 Å². The third-order valence-corrected chi connectivity index (χ3v) is 8.75. The second kappa shape index (κ2) is 10.7. The Labute approximate surface area is 225 Å². The fourth-order valence-electron chi connectivity index (χ4n) is 5.09. The van der Waals surface area contributed by atoms with Crippen molar-refractivity contribution in [2.24, 2.45) is 5.41 Å². The summed E-state index contributed by atoms with van der Waals surface area (Å²) < 4.78 is 33.5. The number of nitro groups is 1. The maximum atomic E-state index is 13.9. The minimum atomic E-state index is -4.62. The zero-order chi connectivity index (χ0) is 28.4. The first-order valence-corrected chi connectivity index (χ1v) is 13.6. The molecule has 1 aliphatic heterocycles. The van der Waals surface area contributed by atoms with Gasteiger partial charge < -0.3 is 9.63 Å². The first-order chi connectivity index (χ1) is 18.4. The van der Waals surface area contributed by atoms with Gasteiger partial charge in [0.25, 0.3) is 15.7 Å². The molecule has 39 heavy (non-hydrogen) atoms. The molecule has 0 radical (unpaired) electrons. The van der Waals surface area contributed by atoms with Gasteiger partial charge >= 0.3 is 6.09 Å². The van der Waals surface area contributed by atoms with E-state index >= 15 is 0 Å². The predicted molar refractivity (Wildman–Crippen MR) is 137 cm³/mol. The molecule has 2 atom stereocenters. The number of hydrogen-bond donors (Lipinski definition) is 1. The second-order valence-corrected chi connectivity index (χ2v) is 11.9. The van der Waals surface area contributed by atoms with Gasteiger partial charge in [-0.3, -0.25) is 19.9 Å². The van der Waals surface area contributed by atoms with Gasteiger partial charge in [-0.05, 0) is 29.9 Å². The molecule has 1 aliphatic rings. The molecule has 14 heteroatoms. The van der Waals surface area contributed by atoms with E-state index in [0.29, 0.717) is 10.0 Å². The van der Waals surface area contributed by atoms with Crippen LogP contribution in [0.2, 0.25) is 0 Å². The third kappa shape index (κ3) is 5.22. The van der Waals surface area contributed by atoms with Crippen LogP contribution in [-0.2, 0) is 27.0 Å². The van der Waals surface area contributed by atoms with Gasteiger partial charge in [0.2, 0.25) is 6.39 Å². The lowest BCUT2D eigenvalue weighted by molar-refractivity contribution is -0.388. The molecule has 0 saturated carbocycles. The highest BCUT2D eigenvalue weighted by atomic mass is 32.2. The molecule has 0 bridgehead atoms. The van der Waals surface area contributed by atoms with Crippen molar-refractivity contribution in [2.75, 3.05) is 6.54 Å². The van der Waals surface area contributed by atoms with Crippen LogP contribution in [0.4, 0.5) is 10.5 Å². The lowest BCUT2D eigenvalue weighted by atomic mass is 9.67. The average Bonchev–Trinajstić information content (AvgIpc) is 3.44. The van der Waals surface area contributed by atoms with Crippen LogP contribution >= 0.6 is 0 Å². The van der Waals surface area contributed by atoms with Crippen LogP contribution in [0.3, 0.4) is 0 Å². The number of sulfonamides is 1. The number of amides is 1. The van der Waals surface area contributed by atoms with Crippen LogP contribution in [0.25, 0.3) is 0 Å². The molecule has 0 aliphatic carbocycles. The Bertz CT molecular complexity index is 1430. The molecular formula is C25H29N5O8S. The highest BCUT2D eigenvalue weighted by Gasteiger charge is 2.57. The van der Waals surface area contributed by atoms with E-state index in [1.165, 1.54) is 12.1 Å². The van der Waals surface area contributed by atoms with Gasteiger partial charge in [0, 0.05) is 12.6 Å². The molecule has 3 aromatic rings. The number of benzene rings is 2. The number of hydroxylamine groups is 1. The summed E-state index contributed by atoms with van der Waals surface area (Å²) in [6.45, 7) is 5.05. The number of aromatic nitrogens is 2. The standard InChI is InChI=1S/C25H29N5O8S/c1-24(2,3)25(22-26-17-37-27-22)14-13-19(15-28(25)23(31)32)30(38-16-18-9-5-4-6-10-18)39(35,36)21-12-8-7-11-20(21)29(33)34/h4-12,17,19H,13-16H2,1-3H3,(H,31,32)/t19-,25-/m1/s1. The van der Waals surface area contributed by atoms with Gasteiger partial charge in [-0.1, -0.05) is 72.9 Å². The number of rotatable bonds is 8. The Morgan fingerprint density at radius 2 is 1.90 bits per heavy atom. The zero-order valence-corrected chi connectivity index (χ0v) is 22.4. The number of nitro benzene ring substituents is 1. The van der Waals surface area contributed by atoms with E-state index < -0.39 is 48.6 Å². The lowest BCUT2D eigenvalue weighted by Crippen LogP contribution is -2.64. The SMILES string of the molecule is CC(C)(C)[C@]1(c2ncon2)CC[C@@H](N(OCc2ccccc2)S(=O)(=O)c2ccccc2[N+](=O)[O-])CN1C(=O)O. The van der Waals surface area contributed by atoms with E-state index in [-0.39, 0.29) is 31.8 Å². The number of carboxylic acid groups (broad SMARTS) is 1. The van der Waals surface area contributed by atoms with Gasteiger partial charge in [0.05, 0.1) is 17.6 Å². The molecule has 1 saturated heterocycles. The minimum Gasteiger partial charge on any atom is -0.465 e. The summed E-state index contributed by atoms with van der Waals surface area (Å²) in [5.41, 5.74) is -1.92. The second-order valence-electron chi connectivity index (χ2n) is 10.2. The Hall–Kier alpha value is -3.88. The summed E-state index contributed by atoms with van der Waals surface area (Å²) >= 11 is 0. The quantitative estimate of drug-likeness (QED) is 0.312. The molecule has 0 unspecified atom stereocenters. The Kier molecular flexibility index (Phi) is 7.73. The Morgan fingerprint density at radius 3 is 2.49 bits per heavy atom. The number of likely N-dealkylation sites (tertiary alicyclic amines) is 1. The molecule has 2 heterocycles. The normalized spacial score (nSPS) is 20.2. The van der Waals surface area contributed by atoms with Crippen molar-refractivity contribution in [1.29, 1.82) is 0 Å². The molecule has 208 valence electrons. The van der Waals surface area contributed by atoms with Crippen LogP contribution in [0.5, 0.6) is 0 Å². The molecule has 0 spiro atoms. The third-order valence-electron chi connectivity index (χ3n) is 6.97. The molecule has 13 nitrogen and oxygen atoms in total. The Morgan fingerprint density at radius 1 is 1.23 bits per heavy atom. The van der Waals surface area contributed by atoms with Crippen LogP contribution in [0, 0.1) is 15.5 Å². The van der Waals surface area contributed by atoms with E-state index in [0.717, 1.165) is 23.4 Å². The molecular weight excluding hydrogens is 530 g/mol. The van der Waals surface area contributed by atoms with Crippen molar-refractivity contribution < 1.29 is 32.6 Å². The fraction of sp³-hybridized carbons (Fsp3) is 0.400. The number of carbonyl (C=O) groups is 1. The van der Waals surface area contributed by atoms with Crippen LogP contribution < -0.4 is 0 Å². The highest BCUT2D eigenvalue weighted by Crippen LogP contribution is 2.50. The van der Waals surface area contributed by atoms with Crippen molar-refractivity contribution in [2.45, 2.75) is 56.7 Å². The van der Waals surface area contributed by atoms with Crippen LogP contribution in [0.1, 0.15) is 45.0 Å². The smallest absolute Gasteiger partial charge is 0.408 e. The summed E-state index contributed by atoms with van der Waals surface area (Å²) in [4.78, 5) is 34.1. The summed E-state index contributed by atoms with van der Waals surface area (Å²) in [7, 11) is -4.62. The van der Waals surface area contributed by atoms with Crippen molar-refractivity contribution >= 4 is 21.8 Å².